The highest BCUT2D eigenvalue weighted by molar-refractivity contribution is 6.76. The van der Waals surface area contributed by atoms with Gasteiger partial charge < -0.3 is 13.9 Å². The largest absolute Gasteiger partial charge is 0.460 e. The van der Waals surface area contributed by atoms with Crippen molar-refractivity contribution in [2.24, 2.45) is 0 Å². The highest BCUT2D eigenvalue weighted by Gasteiger charge is 2.90. The van der Waals surface area contributed by atoms with Crippen LogP contribution >= 0.6 is 0 Å². The Balaban J connectivity index is 3.69. The molecule has 1 aromatic rings. The number of hydrogen-bond acceptors (Lipinski definition) is 4. The van der Waals surface area contributed by atoms with Crippen molar-refractivity contribution in [3.8, 4) is 0 Å². The van der Waals surface area contributed by atoms with Crippen LogP contribution in [-0.4, -0.2) is 61.9 Å². The molecule has 0 radical (unpaired) electrons. The lowest BCUT2D eigenvalue weighted by Gasteiger charge is -2.45. The molecule has 0 saturated heterocycles. The number of aliphatic hydroxyl groups is 1. The van der Waals surface area contributed by atoms with Crippen molar-refractivity contribution in [3.63, 3.8) is 0 Å². The zero-order valence-electron chi connectivity index (χ0n) is 26.7. The number of hydrogen-bond donors (Lipinski definition) is 1. The molecule has 0 amide bonds. The zero-order valence-corrected chi connectivity index (χ0v) is 27.7. The van der Waals surface area contributed by atoms with E-state index in [9.17, 15) is 67.0 Å². The molecule has 0 aliphatic carbocycles. The quantitative estimate of drug-likeness (QED) is 0.0987. The van der Waals surface area contributed by atoms with E-state index in [0.29, 0.717) is 18.4 Å². The van der Waals surface area contributed by atoms with Crippen LogP contribution in [0.5, 0.6) is 0 Å². The van der Waals surface area contributed by atoms with Crippen LogP contribution in [0, 0.1) is 0 Å². The van der Waals surface area contributed by atoms with Crippen molar-refractivity contribution >= 4 is 8.32 Å². The Morgan fingerprint density at radius 2 is 1.34 bits per heavy atom. The summed E-state index contributed by atoms with van der Waals surface area (Å²) in [6, 6.07) is 1.75. The maximum Gasteiger partial charge on any atom is 0.460 e. The van der Waals surface area contributed by atoms with E-state index in [1.807, 2.05) is 6.92 Å². The first-order chi connectivity index (χ1) is 21.0. The second kappa shape index (κ2) is 14.8. The fourth-order valence-corrected chi connectivity index (χ4v) is 10.00. The van der Waals surface area contributed by atoms with Gasteiger partial charge in [0, 0.05) is 17.9 Å². The van der Waals surface area contributed by atoms with Crippen molar-refractivity contribution in [1.82, 2.24) is 0 Å². The lowest BCUT2D eigenvalue weighted by molar-refractivity contribution is -0.440. The molecule has 0 unspecified atom stereocenters. The second-order valence-electron chi connectivity index (χ2n) is 12.1. The molecule has 0 aromatic carbocycles. The SMILES string of the molecule is CCCc1ccc([C@H](C)[C@H](O[Si](CCC(F)(F)C(F)(F)C(F)(F)C(F)(F)C(F)(F)C(F)(F)F)(C(C)C)C(C)C)/C(C)=C/CO)oc1=O. The minimum Gasteiger partial charge on any atom is -0.427 e. The molecular formula is C29H39F13O4Si. The van der Waals surface area contributed by atoms with E-state index < -0.39 is 91.9 Å². The third-order valence-corrected chi connectivity index (χ3v) is 14.0. The number of aryl methyl sites for hydroxylation is 1. The van der Waals surface area contributed by atoms with Crippen molar-refractivity contribution in [1.29, 1.82) is 0 Å². The molecule has 18 heteroatoms. The van der Waals surface area contributed by atoms with Crippen LogP contribution in [0.2, 0.25) is 17.1 Å². The highest BCUT2D eigenvalue weighted by atomic mass is 28.4. The van der Waals surface area contributed by atoms with Crippen LogP contribution in [0.3, 0.4) is 0 Å². The lowest BCUT2D eigenvalue weighted by Crippen LogP contribution is -2.70. The van der Waals surface area contributed by atoms with Gasteiger partial charge in [0.05, 0.1) is 12.7 Å². The molecule has 1 rings (SSSR count). The van der Waals surface area contributed by atoms with Crippen molar-refractivity contribution in [2.75, 3.05) is 6.61 Å². The molecule has 0 saturated carbocycles. The maximum absolute atomic E-state index is 14.9. The Kier molecular flexibility index (Phi) is 13.5. The summed E-state index contributed by atoms with van der Waals surface area (Å²) >= 11 is 0. The number of halogens is 13. The van der Waals surface area contributed by atoms with Gasteiger partial charge in [-0.25, -0.2) is 4.79 Å². The summed E-state index contributed by atoms with van der Waals surface area (Å²) in [5.41, 5.74) is -1.71. The Morgan fingerprint density at radius 1 is 0.851 bits per heavy atom. The molecule has 0 fully saturated rings. The summed E-state index contributed by atoms with van der Waals surface area (Å²) in [7, 11) is -4.01. The van der Waals surface area contributed by atoms with Crippen LogP contribution < -0.4 is 5.63 Å². The summed E-state index contributed by atoms with van der Waals surface area (Å²) in [4.78, 5) is 12.5. The van der Waals surface area contributed by atoms with Gasteiger partial charge >= 0.3 is 41.4 Å². The van der Waals surface area contributed by atoms with Gasteiger partial charge in [-0.3, -0.25) is 0 Å². The third-order valence-electron chi connectivity index (χ3n) is 8.33. The Labute approximate surface area is 264 Å². The summed E-state index contributed by atoms with van der Waals surface area (Å²) < 4.78 is 191. The van der Waals surface area contributed by atoms with Gasteiger partial charge in [0.25, 0.3) is 0 Å². The number of rotatable bonds is 17. The van der Waals surface area contributed by atoms with Gasteiger partial charge in [0.15, 0.2) is 8.32 Å². The lowest BCUT2D eigenvalue weighted by atomic mass is 9.93. The molecular weight excluding hydrogens is 687 g/mol. The fraction of sp³-hybridized carbons (Fsp3) is 0.759. The van der Waals surface area contributed by atoms with Crippen molar-refractivity contribution in [3.05, 3.63) is 45.5 Å². The predicted octanol–water partition coefficient (Wildman–Crippen LogP) is 9.91. The van der Waals surface area contributed by atoms with Crippen LogP contribution in [0.1, 0.15) is 78.5 Å². The molecule has 0 spiro atoms. The van der Waals surface area contributed by atoms with E-state index in [2.05, 4.69) is 0 Å². The summed E-state index contributed by atoms with van der Waals surface area (Å²) in [6.45, 7) is 9.85. The standard InChI is InChI=1S/C29H39F13O4Si/c1-8-9-20-10-11-21(45-23(20)44)19(7)22(18(6)12-14-43)46-47(16(2)3,17(4)5)15-13-24(30,31)25(32,33)26(34,35)27(36,37)28(38,39)29(40,41)42/h10-12,16-17,19,22,43H,8-9,13-15H2,1-7H3/b18-12+/t19-,22+/m0/s1. The van der Waals surface area contributed by atoms with E-state index >= 15 is 0 Å². The first kappa shape index (κ1) is 42.9. The van der Waals surface area contributed by atoms with Crippen LogP contribution in [0.25, 0.3) is 0 Å². The molecule has 4 nitrogen and oxygen atoms in total. The van der Waals surface area contributed by atoms with E-state index in [4.69, 9.17) is 8.84 Å². The Hall–Kier alpha value is -2.08. The van der Waals surface area contributed by atoms with Crippen molar-refractivity contribution < 1.29 is 71.0 Å². The van der Waals surface area contributed by atoms with E-state index in [0.717, 1.165) is 0 Å². The first-order valence-corrected chi connectivity index (χ1v) is 16.8. The van der Waals surface area contributed by atoms with Gasteiger partial charge in [-0.1, -0.05) is 54.0 Å². The van der Waals surface area contributed by atoms with Gasteiger partial charge in [-0.2, -0.15) is 57.1 Å². The smallest absolute Gasteiger partial charge is 0.427 e. The van der Waals surface area contributed by atoms with Gasteiger partial charge in [-0.15, -0.1) is 0 Å². The Bertz CT molecular complexity index is 1270. The van der Waals surface area contributed by atoms with Crippen molar-refractivity contribution in [2.45, 2.75) is 133 Å². The van der Waals surface area contributed by atoms with Crippen LogP contribution in [0.15, 0.2) is 33.0 Å². The van der Waals surface area contributed by atoms with Crippen LogP contribution in [-0.2, 0) is 10.8 Å². The third kappa shape index (κ3) is 8.05. The van der Waals surface area contributed by atoms with E-state index in [1.54, 1.807) is 0 Å². The molecule has 0 aliphatic heterocycles. The molecule has 1 aromatic heterocycles. The summed E-state index contributed by atoms with van der Waals surface area (Å²) in [6.07, 6.45) is -8.83. The van der Waals surface area contributed by atoms with Gasteiger partial charge in [0.1, 0.15) is 5.76 Å². The second-order valence-corrected chi connectivity index (χ2v) is 17.1. The minimum absolute atomic E-state index is 0.0327. The summed E-state index contributed by atoms with van der Waals surface area (Å²) in [5, 5.41) is 9.51. The normalized spacial score (nSPS) is 16.3. The molecule has 0 aliphatic rings. The fourth-order valence-electron chi connectivity index (χ4n) is 5.28. The molecule has 1 heterocycles. The number of alkyl halides is 13. The highest BCUT2D eigenvalue weighted by Crippen LogP contribution is 2.61. The average molecular weight is 727 g/mol. The Morgan fingerprint density at radius 3 is 1.74 bits per heavy atom. The zero-order chi connectivity index (χ0) is 37.2. The van der Waals surface area contributed by atoms with Gasteiger partial charge in [-0.05, 0) is 48.2 Å². The van der Waals surface area contributed by atoms with Gasteiger partial charge in [0.2, 0.25) is 0 Å². The summed E-state index contributed by atoms with van der Waals surface area (Å²) in [5.74, 6) is -38.2. The molecule has 2 atom stereocenters. The minimum atomic E-state index is -7.98. The number of aliphatic hydroxyl groups excluding tert-OH is 1. The van der Waals surface area contributed by atoms with E-state index in [-0.39, 0.29) is 11.3 Å². The molecule has 0 bridgehead atoms. The topological polar surface area (TPSA) is 59.7 Å². The molecule has 47 heavy (non-hydrogen) atoms. The maximum atomic E-state index is 14.9. The average Bonchev–Trinajstić information content (AvgIpc) is 2.92. The monoisotopic (exact) mass is 726 g/mol. The van der Waals surface area contributed by atoms with Crippen LogP contribution in [0.4, 0.5) is 57.1 Å². The molecule has 1 N–H and O–H groups in total. The molecule has 274 valence electrons. The first-order valence-electron chi connectivity index (χ1n) is 14.6. The van der Waals surface area contributed by atoms with E-state index in [1.165, 1.54) is 59.8 Å². The predicted molar refractivity (Wildman–Crippen MR) is 149 cm³/mol.